The third-order valence-corrected chi connectivity index (χ3v) is 2.52. The molecule has 3 N–H and O–H groups in total. The monoisotopic (exact) mass is 235 g/mol. The molecule has 17 heavy (non-hydrogen) atoms. The lowest BCUT2D eigenvalue weighted by Crippen LogP contribution is -2.48. The molecule has 0 saturated heterocycles. The minimum atomic E-state index is 0.456. The van der Waals surface area contributed by atoms with Crippen LogP contribution in [0.15, 0.2) is 35.4 Å². The molecule has 1 aromatic carbocycles. The molecule has 0 radical (unpaired) electrons. The molecular formula is C11H17N5O. The number of guanidine groups is 1. The topological polar surface area (TPSA) is 66.1 Å². The van der Waals surface area contributed by atoms with Crippen LogP contribution in [0.2, 0.25) is 0 Å². The van der Waals surface area contributed by atoms with E-state index >= 15 is 0 Å². The normalized spacial score (nSPS) is 15.8. The lowest BCUT2D eigenvalue weighted by molar-refractivity contribution is -0.00922. The predicted molar refractivity (Wildman–Crippen MR) is 65.3 cm³/mol. The minimum absolute atomic E-state index is 0.456. The van der Waals surface area contributed by atoms with Crippen molar-refractivity contribution in [3.05, 3.63) is 35.9 Å². The Balaban J connectivity index is 1.96. The first-order valence-corrected chi connectivity index (χ1v) is 5.48. The predicted octanol–water partition coefficient (Wildman–Crippen LogP) is 0.0999. The summed E-state index contributed by atoms with van der Waals surface area (Å²) in [6.45, 7) is 1.98. The largest absolute Gasteiger partial charge is 0.383 e. The van der Waals surface area contributed by atoms with Crippen LogP contribution in [0.1, 0.15) is 5.56 Å². The van der Waals surface area contributed by atoms with E-state index in [-0.39, 0.29) is 0 Å². The van der Waals surface area contributed by atoms with Gasteiger partial charge in [-0.25, -0.2) is 5.53 Å². The maximum absolute atomic E-state index is 5.78. The molecular weight excluding hydrogens is 218 g/mol. The molecule has 1 aromatic rings. The van der Waals surface area contributed by atoms with Gasteiger partial charge in [0.15, 0.2) is 0 Å². The van der Waals surface area contributed by atoms with Crippen molar-refractivity contribution >= 4 is 5.96 Å². The number of benzene rings is 1. The molecule has 0 aromatic heterocycles. The fourth-order valence-electron chi connectivity index (χ4n) is 1.63. The highest BCUT2D eigenvalue weighted by Gasteiger charge is 2.22. The molecule has 0 atom stereocenters. The zero-order chi connectivity index (χ0) is 12.1. The van der Waals surface area contributed by atoms with Crippen LogP contribution >= 0.6 is 0 Å². The van der Waals surface area contributed by atoms with Gasteiger partial charge in [-0.3, -0.25) is 5.01 Å². The van der Waals surface area contributed by atoms with Gasteiger partial charge in [-0.15, -0.1) is 10.2 Å². The molecule has 2 rings (SSSR count). The molecule has 0 aliphatic carbocycles. The fraction of sp³-hybridized carbons (Fsp3) is 0.364. The van der Waals surface area contributed by atoms with E-state index in [4.69, 9.17) is 10.5 Å². The van der Waals surface area contributed by atoms with Gasteiger partial charge in [-0.1, -0.05) is 30.3 Å². The van der Waals surface area contributed by atoms with Crippen molar-refractivity contribution in [3.63, 3.8) is 0 Å². The van der Waals surface area contributed by atoms with Gasteiger partial charge in [0.25, 0.3) is 0 Å². The maximum Gasteiger partial charge on any atom is 0.231 e. The van der Waals surface area contributed by atoms with Crippen LogP contribution < -0.4 is 11.3 Å². The number of hydrogen-bond donors (Lipinski definition) is 2. The minimum Gasteiger partial charge on any atom is -0.383 e. The van der Waals surface area contributed by atoms with Crippen LogP contribution in [0.4, 0.5) is 0 Å². The molecule has 0 spiro atoms. The van der Waals surface area contributed by atoms with Gasteiger partial charge in [0, 0.05) is 7.11 Å². The number of hydrazone groups is 1. The Bertz CT molecular complexity index is 381. The number of nitrogens with one attached hydrogen (secondary N) is 1. The fourth-order valence-corrected chi connectivity index (χ4v) is 1.63. The summed E-state index contributed by atoms with van der Waals surface area (Å²) in [4.78, 5) is 0. The lowest BCUT2D eigenvalue weighted by Gasteiger charge is -2.27. The van der Waals surface area contributed by atoms with Crippen molar-refractivity contribution in [1.82, 2.24) is 15.7 Å². The van der Waals surface area contributed by atoms with Gasteiger partial charge < -0.3 is 10.5 Å². The highest BCUT2D eigenvalue weighted by atomic mass is 16.5. The maximum atomic E-state index is 5.78. The summed E-state index contributed by atoms with van der Waals surface area (Å²) in [6.07, 6.45) is 0. The zero-order valence-corrected chi connectivity index (χ0v) is 9.84. The standard InChI is InChI=1S/C11H17N5O/c1-17-8-7-15-11(12)13-14-16(15)9-10-5-3-2-4-6-10/h2-6,14H,7-9H2,1H3,(H2,12,13). The molecule has 0 fully saturated rings. The second-order valence-corrected chi connectivity index (χ2v) is 3.73. The van der Waals surface area contributed by atoms with E-state index in [0.29, 0.717) is 25.7 Å². The molecule has 0 bridgehead atoms. The molecule has 6 nitrogen and oxygen atoms in total. The van der Waals surface area contributed by atoms with Gasteiger partial charge in [0.05, 0.1) is 19.7 Å². The van der Waals surface area contributed by atoms with E-state index in [2.05, 4.69) is 22.8 Å². The van der Waals surface area contributed by atoms with Crippen LogP contribution in [0.25, 0.3) is 0 Å². The van der Waals surface area contributed by atoms with E-state index < -0.39 is 0 Å². The van der Waals surface area contributed by atoms with Crippen molar-refractivity contribution in [2.24, 2.45) is 10.8 Å². The van der Waals surface area contributed by atoms with E-state index in [1.54, 1.807) is 7.11 Å². The van der Waals surface area contributed by atoms with Crippen molar-refractivity contribution in [2.75, 3.05) is 20.3 Å². The van der Waals surface area contributed by atoms with E-state index in [1.807, 2.05) is 28.3 Å². The number of methoxy groups -OCH3 is 1. The first-order chi connectivity index (χ1) is 8.31. The molecule has 1 aliphatic rings. The van der Waals surface area contributed by atoms with Gasteiger partial charge in [0.1, 0.15) is 0 Å². The first-order valence-electron chi connectivity index (χ1n) is 5.48. The molecule has 0 amide bonds. The number of hydrogen-bond acceptors (Lipinski definition) is 6. The highest BCUT2D eigenvalue weighted by Crippen LogP contribution is 2.08. The summed E-state index contributed by atoms with van der Waals surface area (Å²) in [6, 6.07) is 10.1. The smallest absolute Gasteiger partial charge is 0.231 e. The average molecular weight is 235 g/mol. The third-order valence-electron chi connectivity index (χ3n) is 2.52. The second kappa shape index (κ2) is 5.51. The number of nitrogens with two attached hydrogens (primary N) is 1. The average Bonchev–Trinajstić information content (AvgIpc) is 2.69. The summed E-state index contributed by atoms with van der Waals surface area (Å²) in [5, 5.41) is 7.71. The van der Waals surface area contributed by atoms with Crippen molar-refractivity contribution in [1.29, 1.82) is 0 Å². The van der Waals surface area contributed by atoms with Crippen LogP contribution in [0.5, 0.6) is 0 Å². The Kier molecular flexibility index (Phi) is 3.79. The van der Waals surface area contributed by atoms with Crippen LogP contribution in [-0.4, -0.2) is 36.3 Å². The molecule has 1 aliphatic heterocycles. The summed E-state index contributed by atoms with van der Waals surface area (Å²) < 4.78 is 5.04. The Morgan fingerprint density at radius 2 is 2.12 bits per heavy atom. The summed E-state index contributed by atoms with van der Waals surface area (Å²) in [5.41, 5.74) is 9.85. The van der Waals surface area contributed by atoms with E-state index in [9.17, 15) is 0 Å². The second-order valence-electron chi connectivity index (χ2n) is 3.73. The van der Waals surface area contributed by atoms with Gasteiger partial charge in [-0.05, 0) is 5.56 Å². The lowest BCUT2D eigenvalue weighted by atomic mass is 10.2. The summed E-state index contributed by atoms with van der Waals surface area (Å²) >= 11 is 0. The summed E-state index contributed by atoms with van der Waals surface area (Å²) in [5.74, 6) is 0.456. The van der Waals surface area contributed by atoms with Crippen LogP contribution in [0, 0.1) is 0 Å². The van der Waals surface area contributed by atoms with Crippen LogP contribution in [-0.2, 0) is 11.3 Å². The molecule has 0 unspecified atom stereocenters. The molecule has 6 heteroatoms. The Labute approximate surface area is 101 Å². The zero-order valence-electron chi connectivity index (χ0n) is 9.84. The van der Waals surface area contributed by atoms with Gasteiger partial charge >= 0.3 is 0 Å². The molecule has 0 saturated carbocycles. The molecule has 1 heterocycles. The third kappa shape index (κ3) is 2.86. The number of hydrazine groups is 2. The van der Waals surface area contributed by atoms with Crippen molar-refractivity contribution in [3.8, 4) is 0 Å². The van der Waals surface area contributed by atoms with Crippen LogP contribution in [0.3, 0.4) is 0 Å². The van der Waals surface area contributed by atoms with Crippen molar-refractivity contribution in [2.45, 2.75) is 6.54 Å². The Morgan fingerprint density at radius 3 is 2.82 bits per heavy atom. The van der Waals surface area contributed by atoms with E-state index in [1.165, 1.54) is 5.56 Å². The first kappa shape index (κ1) is 11.7. The number of nitrogens with zero attached hydrogens (tertiary/aromatic N) is 3. The van der Waals surface area contributed by atoms with Gasteiger partial charge in [0.2, 0.25) is 5.96 Å². The number of rotatable bonds is 5. The quantitative estimate of drug-likeness (QED) is 0.757. The summed E-state index contributed by atoms with van der Waals surface area (Å²) in [7, 11) is 1.67. The van der Waals surface area contributed by atoms with Gasteiger partial charge in [-0.2, -0.15) is 0 Å². The number of ether oxygens (including phenoxy) is 1. The molecule has 92 valence electrons. The SMILES string of the molecule is COCCN1C(N)=NNN1Cc1ccccc1. The Hall–Kier alpha value is -1.79. The highest BCUT2D eigenvalue weighted by molar-refractivity contribution is 5.78. The van der Waals surface area contributed by atoms with E-state index in [0.717, 1.165) is 0 Å². The van der Waals surface area contributed by atoms with Crippen molar-refractivity contribution < 1.29 is 4.74 Å². The Morgan fingerprint density at radius 1 is 1.35 bits per heavy atom.